The van der Waals surface area contributed by atoms with Crippen molar-refractivity contribution >= 4 is 39.8 Å². The minimum atomic E-state index is -1.84. The van der Waals surface area contributed by atoms with E-state index in [-0.39, 0.29) is 22.5 Å². The topological polar surface area (TPSA) is 178 Å². The molecule has 0 aromatic carbocycles. The summed E-state index contributed by atoms with van der Waals surface area (Å²) in [6.07, 6.45) is 0. The number of Topliss-reactive ketones (excluding diaryl/α,β-unsaturated/α-hetero) is 1. The second-order valence-electron chi connectivity index (χ2n) is 4.95. The molecular weight excluding hydrogens is 338 g/mol. The quantitative estimate of drug-likeness (QED) is 0.245. The monoisotopic (exact) mass is 351 g/mol. The van der Waals surface area contributed by atoms with E-state index in [4.69, 9.17) is 16.3 Å². The van der Waals surface area contributed by atoms with Crippen molar-refractivity contribution in [1.29, 1.82) is 0 Å². The third kappa shape index (κ3) is 2.13. The number of anilines is 2. The van der Waals surface area contributed by atoms with Crippen LogP contribution in [0.15, 0.2) is 10.5 Å². The molecule has 0 aliphatic carbocycles. The lowest BCUT2D eigenvalue weighted by atomic mass is 9.75. The van der Waals surface area contributed by atoms with Crippen molar-refractivity contribution in [1.82, 2.24) is 25.6 Å². The lowest BCUT2D eigenvalue weighted by Gasteiger charge is -2.49. The van der Waals surface area contributed by atoms with Crippen LogP contribution in [-0.2, 0) is 14.4 Å². The van der Waals surface area contributed by atoms with Gasteiger partial charge in [-0.25, -0.2) is 4.98 Å². The second-order valence-corrected chi connectivity index (χ2v) is 5.84. The van der Waals surface area contributed by atoms with E-state index in [1.807, 2.05) is 0 Å². The SMILES string of the molecule is CON=C(C(=O)C1(N)C(=O)N(c2nn[nH]n2)C1C)c1csc(N)n1. The molecule has 5 N–H and O–H groups in total. The highest BCUT2D eigenvalue weighted by molar-refractivity contribution is 7.13. The molecule has 1 saturated heterocycles. The Morgan fingerprint density at radius 2 is 2.33 bits per heavy atom. The lowest BCUT2D eigenvalue weighted by Crippen LogP contribution is -2.82. The third-order valence-corrected chi connectivity index (χ3v) is 4.38. The Labute approximate surface area is 138 Å². The molecule has 2 atom stereocenters. The zero-order chi connectivity index (χ0) is 17.5. The molecule has 2 aromatic rings. The molecule has 2 unspecified atom stereocenters. The number of H-pyrrole nitrogens is 1. The van der Waals surface area contributed by atoms with E-state index in [1.165, 1.54) is 17.4 Å². The molecule has 0 spiro atoms. The van der Waals surface area contributed by atoms with E-state index in [0.29, 0.717) is 0 Å². The predicted octanol–water partition coefficient (Wildman–Crippen LogP) is -1.71. The predicted molar refractivity (Wildman–Crippen MR) is 83.1 cm³/mol. The van der Waals surface area contributed by atoms with Crippen molar-refractivity contribution in [2.24, 2.45) is 10.9 Å². The van der Waals surface area contributed by atoms with E-state index in [9.17, 15) is 9.59 Å². The van der Waals surface area contributed by atoms with Gasteiger partial charge in [-0.05, 0) is 12.1 Å². The summed E-state index contributed by atoms with van der Waals surface area (Å²) in [5.41, 5.74) is 9.83. The molecule has 0 bridgehead atoms. The molecule has 3 rings (SSSR count). The minimum Gasteiger partial charge on any atom is -0.398 e. The Hall–Kier alpha value is -2.93. The van der Waals surface area contributed by atoms with Crippen LogP contribution in [0.4, 0.5) is 11.1 Å². The molecule has 1 fully saturated rings. The third-order valence-electron chi connectivity index (χ3n) is 3.71. The molecule has 1 amide bonds. The molecule has 3 heterocycles. The number of thiazole rings is 1. The number of nitrogen functional groups attached to an aromatic ring is 1. The van der Waals surface area contributed by atoms with Gasteiger partial charge >= 0.3 is 0 Å². The fourth-order valence-electron chi connectivity index (χ4n) is 2.39. The van der Waals surface area contributed by atoms with Crippen molar-refractivity contribution in [2.75, 3.05) is 17.7 Å². The summed E-state index contributed by atoms with van der Waals surface area (Å²) in [5, 5.41) is 18.5. The summed E-state index contributed by atoms with van der Waals surface area (Å²) < 4.78 is 0. The van der Waals surface area contributed by atoms with Crippen LogP contribution in [0.5, 0.6) is 0 Å². The molecule has 2 aromatic heterocycles. The van der Waals surface area contributed by atoms with Gasteiger partial charge in [0.2, 0.25) is 5.78 Å². The van der Waals surface area contributed by atoms with Crippen LogP contribution in [0.3, 0.4) is 0 Å². The number of nitrogens with one attached hydrogen (secondary N) is 1. The van der Waals surface area contributed by atoms with Gasteiger partial charge in [0.25, 0.3) is 11.9 Å². The maximum Gasteiger partial charge on any atom is 0.272 e. The number of carbonyl (C=O) groups is 2. The van der Waals surface area contributed by atoms with Gasteiger partial charge < -0.3 is 16.3 Å². The van der Waals surface area contributed by atoms with Crippen molar-refractivity contribution in [3.05, 3.63) is 11.1 Å². The van der Waals surface area contributed by atoms with Crippen LogP contribution in [-0.4, -0.2) is 61.7 Å². The van der Waals surface area contributed by atoms with E-state index in [1.54, 1.807) is 6.92 Å². The summed E-state index contributed by atoms with van der Waals surface area (Å²) in [7, 11) is 1.27. The number of nitrogens with two attached hydrogens (primary N) is 2. The van der Waals surface area contributed by atoms with E-state index in [0.717, 1.165) is 11.3 Å². The number of amides is 1. The number of rotatable bonds is 5. The Bertz CT molecular complexity index is 817. The molecule has 0 saturated carbocycles. The number of nitrogens with zero attached hydrogens (tertiary/aromatic N) is 6. The first kappa shape index (κ1) is 15.9. The molecule has 1 aliphatic heterocycles. The smallest absolute Gasteiger partial charge is 0.272 e. The fourth-order valence-corrected chi connectivity index (χ4v) is 2.94. The second kappa shape index (κ2) is 5.61. The number of ketones is 1. The Morgan fingerprint density at radius 1 is 1.58 bits per heavy atom. The molecule has 0 radical (unpaired) electrons. The number of hydrogen-bond donors (Lipinski definition) is 3. The standard InChI is InChI=1S/C11H13N9O3S/c1-4-11(13,8(22)20(4)10-15-18-19-16-10)7(21)6(17-23-2)5-3-24-9(12)14-5/h3-4H,13H2,1-2H3,(H2,12,14)(H,15,16,18,19). The van der Waals surface area contributed by atoms with Gasteiger partial charge in [-0.15, -0.1) is 16.4 Å². The summed E-state index contributed by atoms with van der Waals surface area (Å²) >= 11 is 1.12. The molecule has 126 valence electrons. The number of aromatic nitrogens is 5. The number of β-lactam (4-membered cyclic amide) rings is 1. The maximum atomic E-state index is 12.9. The number of hydrogen-bond acceptors (Lipinski definition) is 11. The highest BCUT2D eigenvalue weighted by Crippen LogP contribution is 2.33. The van der Waals surface area contributed by atoms with Gasteiger partial charge in [0.15, 0.2) is 16.4 Å². The van der Waals surface area contributed by atoms with Crippen LogP contribution >= 0.6 is 11.3 Å². The first-order chi connectivity index (χ1) is 11.4. The summed E-state index contributed by atoms with van der Waals surface area (Å²) in [5.74, 6) is -1.37. The number of carbonyl (C=O) groups excluding carboxylic acids is 2. The lowest BCUT2D eigenvalue weighted by molar-refractivity contribution is -0.138. The molecule has 24 heavy (non-hydrogen) atoms. The van der Waals surface area contributed by atoms with Crippen LogP contribution in [0, 0.1) is 0 Å². The van der Waals surface area contributed by atoms with Gasteiger partial charge in [-0.2, -0.15) is 5.21 Å². The summed E-state index contributed by atoms with van der Waals surface area (Å²) in [6, 6.07) is -0.715. The first-order valence-electron chi connectivity index (χ1n) is 6.64. The Kier molecular flexibility index (Phi) is 3.73. The average Bonchev–Trinajstić information content (AvgIpc) is 3.23. The average molecular weight is 351 g/mol. The molecule has 1 aliphatic rings. The number of oxime groups is 1. The normalized spacial score (nSPS) is 24.0. The van der Waals surface area contributed by atoms with Gasteiger partial charge in [0.1, 0.15) is 12.8 Å². The van der Waals surface area contributed by atoms with Gasteiger partial charge in [0.05, 0.1) is 6.04 Å². The van der Waals surface area contributed by atoms with Gasteiger partial charge in [-0.1, -0.05) is 10.3 Å². The van der Waals surface area contributed by atoms with Crippen molar-refractivity contribution < 1.29 is 14.4 Å². The number of aromatic amines is 1. The fraction of sp³-hybridized carbons (Fsp3) is 0.364. The molecular formula is C11H13N9O3S. The van der Waals surface area contributed by atoms with Crippen molar-refractivity contribution in [3.63, 3.8) is 0 Å². The van der Waals surface area contributed by atoms with E-state index >= 15 is 0 Å². The minimum absolute atomic E-state index is 0.0320. The van der Waals surface area contributed by atoms with Crippen LogP contribution in [0.1, 0.15) is 12.6 Å². The van der Waals surface area contributed by atoms with E-state index in [2.05, 4.69) is 30.8 Å². The van der Waals surface area contributed by atoms with Gasteiger partial charge in [-0.3, -0.25) is 14.5 Å². The van der Waals surface area contributed by atoms with Crippen molar-refractivity contribution in [3.8, 4) is 0 Å². The number of tetrazole rings is 1. The van der Waals surface area contributed by atoms with Crippen molar-refractivity contribution in [2.45, 2.75) is 18.5 Å². The highest BCUT2D eigenvalue weighted by atomic mass is 32.1. The maximum absolute atomic E-state index is 12.9. The van der Waals surface area contributed by atoms with Gasteiger partial charge in [0, 0.05) is 5.38 Å². The van der Waals surface area contributed by atoms with Crippen LogP contribution in [0.25, 0.3) is 0 Å². The zero-order valence-corrected chi connectivity index (χ0v) is 13.4. The summed E-state index contributed by atoms with van der Waals surface area (Å²) in [4.78, 5) is 35.2. The van der Waals surface area contributed by atoms with E-state index < -0.39 is 23.3 Å². The summed E-state index contributed by atoms with van der Waals surface area (Å²) in [6.45, 7) is 1.59. The van der Waals surface area contributed by atoms with Crippen LogP contribution < -0.4 is 16.4 Å². The molecule has 12 nitrogen and oxygen atoms in total. The largest absolute Gasteiger partial charge is 0.398 e. The molecule has 13 heteroatoms. The zero-order valence-electron chi connectivity index (χ0n) is 12.6. The highest BCUT2D eigenvalue weighted by Gasteiger charge is 2.63. The van der Waals surface area contributed by atoms with Crippen LogP contribution in [0.2, 0.25) is 0 Å². The Balaban J connectivity index is 1.93. The first-order valence-corrected chi connectivity index (χ1v) is 7.52. The Morgan fingerprint density at radius 3 is 2.83 bits per heavy atom.